The maximum Gasteiger partial charge on any atom is 0.146 e. The molecule has 1 saturated heterocycles. The van der Waals surface area contributed by atoms with Gasteiger partial charge in [0.05, 0.1) is 12.2 Å². The Balaban J connectivity index is 1.91. The Morgan fingerprint density at radius 3 is 2.50 bits per heavy atom. The van der Waals surface area contributed by atoms with Crippen LogP contribution < -0.4 is 4.90 Å². The number of halogens is 1. The molecular formula is C14H19FN2O. The largest absolute Gasteiger partial charge is 0.367 e. The van der Waals surface area contributed by atoms with Crippen molar-refractivity contribution < 1.29 is 9.18 Å². The SMILES string of the molecule is CCC(=O)CN1CCN(c2ccccc2F)CC1. The zero-order chi connectivity index (χ0) is 13.0. The number of benzene rings is 1. The summed E-state index contributed by atoms with van der Waals surface area (Å²) in [4.78, 5) is 15.6. The van der Waals surface area contributed by atoms with Gasteiger partial charge in [0, 0.05) is 32.6 Å². The van der Waals surface area contributed by atoms with Crippen molar-refractivity contribution in [1.29, 1.82) is 0 Å². The number of nitrogens with zero attached hydrogens (tertiary/aromatic N) is 2. The van der Waals surface area contributed by atoms with Crippen LogP contribution in [0.1, 0.15) is 13.3 Å². The molecule has 0 saturated carbocycles. The molecule has 1 aromatic rings. The summed E-state index contributed by atoms with van der Waals surface area (Å²) >= 11 is 0. The summed E-state index contributed by atoms with van der Waals surface area (Å²) in [6.07, 6.45) is 0.591. The van der Waals surface area contributed by atoms with Crippen LogP contribution in [-0.2, 0) is 4.79 Å². The first-order valence-corrected chi connectivity index (χ1v) is 6.44. The molecule has 0 atom stereocenters. The van der Waals surface area contributed by atoms with Crippen molar-refractivity contribution in [3.05, 3.63) is 30.1 Å². The summed E-state index contributed by atoms with van der Waals surface area (Å²) in [7, 11) is 0. The highest BCUT2D eigenvalue weighted by atomic mass is 19.1. The molecule has 1 fully saturated rings. The Kier molecular flexibility index (Phi) is 4.31. The van der Waals surface area contributed by atoms with Crippen LogP contribution in [-0.4, -0.2) is 43.4 Å². The van der Waals surface area contributed by atoms with Gasteiger partial charge in [0.15, 0.2) is 0 Å². The van der Waals surface area contributed by atoms with E-state index in [1.165, 1.54) is 6.07 Å². The van der Waals surface area contributed by atoms with Gasteiger partial charge in [-0.05, 0) is 12.1 Å². The molecule has 0 radical (unpaired) electrons. The van der Waals surface area contributed by atoms with Gasteiger partial charge in [-0.3, -0.25) is 9.69 Å². The number of anilines is 1. The minimum absolute atomic E-state index is 0.171. The van der Waals surface area contributed by atoms with Gasteiger partial charge in [-0.15, -0.1) is 0 Å². The van der Waals surface area contributed by atoms with E-state index in [0.717, 1.165) is 26.2 Å². The van der Waals surface area contributed by atoms with Crippen LogP contribution in [0, 0.1) is 5.82 Å². The summed E-state index contributed by atoms with van der Waals surface area (Å²) in [5, 5.41) is 0. The maximum absolute atomic E-state index is 13.6. The quantitative estimate of drug-likeness (QED) is 0.815. The lowest BCUT2D eigenvalue weighted by atomic mass is 10.2. The Morgan fingerprint density at radius 1 is 1.22 bits per heavy atom. The Morgan fingerprint density at radius 2 is 1.89 bits per heavy atom. The molecular weight excluding hydrogens is 231 g/mol. The number of hydrogen-bond acceptors (Lipinski definition) is 3. The summed E-state index contributed by atoms with van der Waals surface area (Å²) in [5.74, 6) is 0.102. The van der Waals surface area contributed by atoms with E-state index in [-0.39, 0.29) is 11.6 Å². The van der Waals surface area contributed by atoms with Crippen LogP contribution in [0.25, 0.3) is 0 Å². The van der Waals surface area contributed by atoms with Gasteiger partial charge in [0.1, 0.15) is 11.6 Å². The molecule has 4 heteroatoms. The van der Waals surface area contributed by atoms with Gasteiger partial charge in [-0.1, -0.05) is 19.1 Å². The summed E-state index contributed by atoms with van der Waals surface area (Å²) < 4.78 is 13.6. The summed E-state index contributed by atoms with van der Waals surface area (Å²) in [5.41, 5.74) is 0.666. The van der Waals surface area contributed by atoms with Gasteiger partial charge >= 0.3 is 0 Å². The predicted octanol–water partition coefficient (Wildman–Crippen LogP) is 1.93. The van der Waals surface area contributed by atoms with Gasteiger partial charge in [0.2, 0.25) is 0 Å². The fourth-order valence-electron chi connectivity index (χ4n) is 2.22. The number of hydrogen-bond donors (Lipinski definition) is 0. The zero-order valence-electron chi connectivity index (χ0n) is 10.7. The van der Waals surface area contributed by atoms with E-state index in [2.05, 4.69) is 4.90 Å². The highest BCUT2D eigenvalue weighted by Crippen LogP contribution is 2.19. The van der Waals surface area contributed by atoms with Crippen LogP contribution in [0.4, 0.5) is 10.1 Å². The van der Waals surface area contributed by atoms with Crippen LogP contribution in [0.2, 0.25) is 0 Å². The number of carbonyl (C=O) groups is 1. The van der Waals surface area contributed by atoms with Crippen molar-refractivity contribution in [3.63, 3.8) is 0 Å². The smallest absolute Gasteiger partial charge is 0.146 e. The number of piperazine rings is 1. The van der Waals surface area contributed by atoms with Gasteiger partial charge in [-0.2, -0.15) is 0 Å². The van der Waals surface area contributed by atoms with Crippen molar-refractivity contribution in [3.8, 4) is 0 Å². The lowest BCUT2D eigenvalue weighted by Crippen LogP contribution is -2.48. The second-order valence-corrected chi connectivity index (χ2v) is 4.61. The summed E-state index contributed by atoms with van der Waals surface area (Å²) in [6.45, 7) is 5.61. The molecule has 1 heterocycles. The lowest BCUT2D eigenvalue weighted by Gasteiger charge is -2.35. The van der Waals surface area contributed by atoms with Gasteiger partial charge in [0.25, 0.3) is 0 Å². The van der Waals surface area contributed by atoms with E-state index in [1.54, 1.807) is 6.07 Å². The average Bonchev–Trinajstić information content (AvgIpc) is 2.40. The van der Waals surface area contributed by atoms with E-state index < -0.39 is 0 Å². The Labute approximate surface area is 107 Å². The number of Topliss-reactive ketones (excluding diaryl/α,β-unsaturated/α-hetero) is 1. The minimum atomic E-state index is -0.171. The fraction of sp³-hybridized carbons (Fsp3) is 0.500. The van der Waals surface area contributed by atoms with E-state index in [4.69, 9.17) is 0 Å². The molecule has 18 heavy (non-hydrogen) atoms. The van der Waals surface area contributed by atoms with Crippen LogP contribution in [0.5, 0.6) is 0 Å². The normalized spacial score (nSPS) is 16.9. The summed E-state index contributed by atoms with van der Waals surface area (Å²) in [6, 6.07) is 6.85. The molecule has 0 amide bonds. The first kappa shape index (κ1) is 13.0. The van der Waals surface area contributed by atoms with Crippen molar-refractivity contribution in [2.24, 2.45) is 0 Å². The zero-order valence-corrected chi connectivity index (χ0v) is 10.7. The molecule has 0 unspecified atom stereocenters. The molecule has 0 bridgehead atoms. The van der Waals surface area contributed by atoms with Crippen LogP contribution >= 0.6 is 0 Å². The monoisotopic (exact) mass is 250 g/mol. The van der Waals surface area contributed by atoms with Gasteiger partial charge < -0.3 is 4.90 Å². The van der Waals surface area contributed by atoms with E-state index in [0.29, 0.717) is 18.7 Å². The third kappa shape index (κ3) is 3.07. The molecule has 1 aliphatic heterocycles. The highest BCUT2D eigenvalue weighted by Gasteiger charge is 2.20. The van der Waals surface area contributed by atoms with Crippen LogP contribution in [0.15, 0.2) is 24.3 Å². The minimum Gasteiger partial charge on any atom is -0.367 e. The number of rotatable bonds is 4. The predicted molar refractivity (Wildman–Crippen MR) is 70.4 cm³/mol. The Bertz CT molecular complexity index is 414. The average molecular weight is 250 g/mol. The fourth-order valence-corrected chi connectivity index (χ4v) is 2.22. The molecule has 1 aromatic carbocycles. The Hall–Kier alpha value is -1.42. The number of ketones is 1. The maximum atomic E-state index is 13.6. The first-order chi connectivity index (χ1) is 8.70. The lowest BCUT2D eigenvalue weighted by molar-refractivity contribution is -0.119. The molecule has 3 nitrogen and oxygen atoms in total. The van der Waals surface area contributed by atoms with E-state index >= 15 is 0 Å². The molecule has 1 aliphatic rings. The van der Waals surface area contributed by atoms with Crippen LogP contribution in [0.3, 0.4) is 0 Å². The highest BCUT2D eigenvalue weighted by molar-refractivity contribution is 5.80. The van der Waals surface area contributed by atoms with Crippen molar-refractivity contribution in [2.75, 3.05) is 37.6 Å². The van der Waals surface area contributed by atoms with Crippen molar-refractivity contribution >= 4 is 11.5 Å². The second-order valence-electron chi connectivity index (χ2n) is 4.61. The second kappa shape index (κ2) is 5.96. The third-order valence-corrected chi connectivity index (χ3v) is 3.36. The number of para-hydroxylation sites is 1. The molecule has 0 N–H and O–H groups in total. The standard InChI is InChI=1S/C14H19FN2O/c1-2-12(18)11-16-7-9-17(10-8-16)14-6-4-3-5-13(14)15/h3-6H,2,7-11H2,1H3. The molecule has 98 valence electrons. The van der Waals surface area contributed by atoms with E-state index in [9.17, 15) is 9.18 Å². The molecule has 0 aliphatic carbocycles. The van der Waals surface area contributed by atoms with Crippen molar-refractivity contribution in [2.45, 2.75) is 13.3 Å². The first-order valence-electron chi connectivity index (χ1n) is 6.44. The molecule has 2 rings (SSSR count). The topological polar surface area (TPSA) is 23.6 Å². The van der Waals surface area contributed by atoms with Crippen molar-refractivity contribution in [1.82, 2.24) is 4.90 Å². The van der Waals surface area contributed by atoms with E-state index in [1.807, 2.05) is 24.0 Å². The third-order valence-electron chi connectivity index (χ3n) is 3.36. The molecule has 0 aromatic heterocycles. The molecule has 0 spiro atoms. The van der Waals surface area contributed by atoms with Gasteiger partial charge in [-0.25, -0.2) is 4.39 Å². The number of carbonyl (C=O) groups excluding carboxylic acids is 1.